The smallest absolute Gasteiger partial charge is 0.254 e. The first-order chi connectivity index (χ1) is 15.9. The van der Waals surface area contributed by atoms with E-state index >= 15 is 0 Å². The molecule has 1 aliphatic rings. The standard InChI is InChI=1S/C23H23F2N7O/c24-16-1-4-18(5-2-16)29-22-20(21(27)33)15-32(30-22)23(7-10-26)8-11-31(12-9-23)14-19-6-3-17(25)13-28-19/h1-6,13,15H,7-9,11-12,14H2,(H2,27,33)(H,29,30). The van der Waals surface area contributed by atoms with Crippen LogP contribution in [-0.2, 0) is 12.1 Å². The van der Waals surface area contributed by atoms with E-state index in [0.29, 0.717) is 38.2 Å². The van der Waals surface area contributed by atoms with Crippen LogP contribution in [0.25, 0.3) is 0 Å². The molecule has 3 heterocycles. The van der Waals surface area contributed by atoms with Gasteiger partial charge in [-0.25, -0.2) is 8.78 Å². The highest BCUT2D eigenvalue weighted by Crippen LogP contribution is 2.35. The lowest BCUT2D eigenvalue weighted by molar-refractivity contribution is 0.0960. The number of carbonyl (C=O) groups is 1. The molecule has 0 saturated carbocycles. The minimum atomic E-state index is -0.655. The van der Waals surface area contributed by atoms with Gasteiger partial charge in [-0.2, -0.15) is 10.4 Å². The molecule has 0 bridgehead atoms. The quantitative estimate of drug-likeness (QED) is 0.570. The summed E-state index contributed by atoms with van der Waals surface area (Å²) < 4.78 is 28.0. The number of nitrogens with zero attached hydrogens (tertiary/aromatic N) is 5. The molecule has 1 saturated heterocycles. The summed E-state index contributed by atoms with van der Waals surface area (Å²) in [6.45, 7) is 1.92. The number of aromatic nitrogens is 3. The van der Waals surface area contributed by atoms with Gasteiger partial charge in [-0.15, -0.1) is 0 Å². The van der Waals surface area contributed by atoms with Crippen molar-refractivity contribution in [1.82, 2.24) is 19.7 Å². The molecular weight excluding hydrogens is 428 g/mol. The number of benzene rings is 1. The summed E-state index contributed by atoms with van der Waals surface area (Å²) in [4.78, 5) is 18.4. The Labute approximate surface area is 189 Å². The Morgan fingerprint density at radius 1 is 1.15 bits per heavy atom. The second-order valence-corrected chi connectivity index (χ2v) is 8.14. The van der Waals surface area contributed by atoms with Gasteiger partial charge in [0.15, 0.2) is 5.82 Å². The van der Waals surface area contributed by atoms with Crippen LogP contribution in [-0.4, -0.2) is 38.7 Å². The highest BCUT2D eigenvalue weighted by Gasteiger charge is 2.38. The first-order valence-electron chi connectivity index (χ1n) is 10.5. The Bertz CT molecular complexity index is 1160. The summed E-state index contributed by atoms with van der Waals surface area (Å²) in [5.41, 5.74) is 6.48. The molecule has 2 aromatic heterocycles. The Morgan fingerprint density at radius 3 is 2.45 bits per heavy atom. The topological polar surface area (TPSA) is 113 Å². The molecule has 1 amide bonds. The zero-order valence-corrected chi connectivity index (χ0v) is 17.8. The molecule has 1 fully saturated rings. The minimum absolute atomic E-state index is 0.189. The predicted octanol–water partition coefficient (Wildman–Crippen LogP) is 3.30. The number of nitrogens with two attached hydrogens (primary N) is 1. The Hall–Kier alpha value is -3.84. The maximum Gasteiger partial charge on any atom is 0.254 e. The number of amides is 1. The lowest BCUT2D eigenvalue weighted by Crippen LogP contribution is -2.46. The van der Waals surface area contributed by atoms with Crippen LogP contribution in [0.1, 0.15) is 35.3 Å². The molecule has 170 valence electrons. The minimum Gasteiger partial charge on any atom is -0.365 e. The average Bonchev–Trinajstić information content (AvgIpc) is 3.23. The van der Waals surface area contributed by atoms with Crippen LogP contribution < -0.4 is 11.1 Å². The molecule has 3 N–H and O–H groups in total. The van der Waals surface area contributed by atoms with Crippen molar-refractivity contribution in [1.29, 1.82) is 5.26 Å². The number of piperidine rings is 1. The van der Waals surface area contributed by atoms with Gasteiger partial charge in [0.05, 0.1) is 29.9 Å². The molecule has 0 radical (unpaired) electrons. The summed E-state index contributed by atoms with van der Waals surface area (Å²) in [5, 5.41) is 17.1. The fraction of sp³-hybridized carbons (Fsp3) is 0.304. The highest BCUT2D eigenvalue weighted by molar-refractivity contribution is 5.98. The van der Waals surface area contributed by atoms with Crippen molar-refractivity contribution in [3.8, 4) is 6.07 Å². The van der Waals surface area contributed by atoms with Gasteiger partial charge >= 0.3 is 0 Å². The summed E-state index contributed by atoms with van der Waals surface area (Å²) in [6.07, 6.45) is 4.23. The Balaban J connectivity index is 1.55. The molecule has 1 aliphatic heterocycles. The van der Waals surface area contributed by atoms with Gasteiger partial charge in [-0.3, -0.25) is 19.4 Å². The second kappa shape index (κ2) is 9.34. The maximum atomic E-state index is 13.2. The molecule has 0 unspecified atom stereocenters. The van der Waals surface area contributed by atoms with Gasteiger partial charge in [0.1, 0.15) is 17.2 Å². The van der Waals surface area contributed by atoms with E-state index in [0.717, 1.165) is 5.69 Å². The lowest BCUT2D eigenvalue weighted by Gasteiger charge is -2.40. The summed E-state index contributed by atoms with van der Waals surface area (Å²) in [5.74, 6) is -1.15. The van der Waals surface area contributed by atoms with Gasteiger partial charge in [0.25, 0.3) is 5.91 Å². The molecule has 4 rings (SSSR count). The molecule has 8 nitrogen and oxygen atoms in total. The van der Waals surface area contributed by atoms with E-state index in [9.17, 15) is 18.8 Å². The van der Waals surface area contributed by atoms with E-state index in [1.54, 1.807) is 16.9 Å². The maximum absolute atomic E-state index is 13.2. The lowest BCUT2D eigenvalue weighted by atomic mass is 9.85. The molecule has 10 heteroatoms. The number of carbonyl (C=O) groups excluding carboxylic acids is 1. The fourth-order valence-electron chi connectivity index (χ4n) is 4.05. The SMILES string of the molecule is N#CCC1(n2cc(C(N)=O)c(Nc3ccc(F)cc3)n2)CCN(Cc2ccc(F)cn2)CC1. The molecule has 3 aromatic rings. The number of rotatable bonds is 7. The molecule has 1 aromatic carbocycles. The van der Waals surface area contributed by atoms with Crippen molar-refractivity contribution in [2.24, 2.45) is 5.73 Å². The van der Waals surface area contributed by atoms with Crippen molar-refractivity contribution >= 4 is 17.4 Å². The van der Waals surface area contributed by atoms with E-state index in [4.69, 9.17) is 5.73 Å². The number of primary amides is 1. The van der Waals surface area contributed by atoms with Gasteiger partial charge in [0, 0.05) is 31.5 Å². The van der Waals surface area contributed by atoms with Crippen molar-refractivity contribution in [2.45, 2.75) is 31.3 Å². The second-order valence-electron chi connectivity index (χ2n) is 8.14. The number of hydrogen-bond donors (Lipinski definition) is 2. The zero-order chi connectivity index (χ0) is 23.4. The van der Waals surface area contributed by atoms with Crippen LogP contribution in [0.5, 0.6) is 0 Å². The third-order valence-electron chi connectivity index (χ3n) is 5.94. The van der Waals surface area contributed by atoms with Gasteiger partial charge in [-0.1, -0.05) is 0 Å². The van der Waals surface area contributed by atoms with Crippen molar-refractivity contribution in [3.05, 3.63) is 71.7 Å². The normalized spacial score (nSPS) is 15.7. The molecule has 33 heavy (non-hydrogen) atoms. The van der Waals surface area contributed by atoms with E-state index in [1.165, 1.54) is 36.5 Å². The van der Waals surface area contributed by atoms with Crippen LogP contribution in [0, 0.1) is 23.0 Å². The molecule has 0 aliphatic carbocycles. The number of nitriles is 1. The number of likely N-dealkylation sites (tertiary alicyclic amines) is 1. The molecular formula is C23H23F2N7O. The molecule has 0 spiro atoms. The monoisotopic (exact) mass is 451 g/mol. The van der Waals surface area contributed by atoms with Gasteiger partial charge in [-0.05, 0) is 49.2 Å². The predicted molar refractivity (Wildman–Crippen MR) is 117 cm³/mol. The fourth-order valence-corrected chi connectivity index (χ4v) is 4.05. The third kappa shape index (κ3) is 4.99. The number of pyridine rings is 1. The first kappa shape index (κ1) is 22.4. The Morgan fingerprint density at radius 2 is 1.85 bits per heavy atom. The summed E-state index contributed by atoms with van der Waals surface area (Å²) >= 11 is 0. The number of nitrogens with one attached hydrogen (secondary N) is 1. The van der Waals surface area contributed by atoms with Crippen molar-refractivity contribution in [3.63, 3.8) is 0 Å². The van der Waals surface area contributed by atoms with Crippen LogP contribution >= 0.6 is 0 Å². The number of anilines is 2. The van der Waals surface area contributed by atoms with E-state index in [1.807, 2.05) is 0 Å². The summed E-state index contributed by atoms with van der Waals surface area (Å²) in [7, 11) is 0. The van der Waals surface area contributed by atoms with Crippen molar-refractivity contribution < 1.29 is 13.6 Å². The van der Waals surface area contributed by atoms with Gasteiger partial charge < -0.3 is 11.1 Å². The Kier molecular flexibility index (Phi) is 6.33. The number of halogens is 2. The first-order valence-corrected chi connectivity index (χ1v) is 10.5. The highest BCUT2D eigenvalue weighted by atomic mass is 19.1. The van der Waals surface area contributed by atoms with Crippen molar-refractivity contribution in [2.75, 3.05) is 18.4 Å². The number of hydrogen-bond acceptors (Lipinski definition) is 6. The van der Waals surface area contributed by atoms with E-state index in [-0.39, 0.29) is 29.4 Å². The van der Waals surface area contributed by atoms with E-state index < -0.39 is 11.4 Å². The zero-order valence-electron chi connectivity index (χ0n) is 17.8. The van der Waals surface area contributed by atoms with Crippen LogP contribution in [0.15, 0.2) is 48.8 Å². The van der Waals surface area contributed by atoms with Crippen LogP contribution in [0.4, 0.5) is 20.3 Å². The van der Waals surface area contributed by atoms with Crippen LogP contribution in [0.3, 0.4) is 0 Å². The molecule has 0 atom stereocenters. The average molecular weight is 451 g/mol. The van der Waals surface area contributed by atoms with E-state index in [2.05, 4.69) is 26.4 Å². The largest absolute Gasteiger partial charge is 0.365 e. The third-order valence-corrected chi connectivity index (χ3v) is 5.94. The van der Waals surface area contributed by atoms with Crippen LogP contribution in [0.2, 0.25) is 0 Å². The summed E-state index contributed by atoms with van der Waals surface area (Å²) in [6, 6.07) is 11.0. The van der Waals surface area contributed by atoms with Gasteiger partial charge in [0.2, 0.25) is 0 Å².